The first-order chi connectivity index (χ1) is 12.7. The number of ether oxygens (including phenoxy) is 2. The van der Waals surface area contributed by atoms with Gasteiger partial charge in [0.15, 0.2) is 17.5 Å². The largest absolute Gasteiger partial charge is 0.490 e. The number of halogens is 1. The van der Waals surface area contributed by atoms with Gasteiger partial charge < -0.3 is 20.1 Å². The van der Waals surface area contributed by atoms with Gasteiger partial charge in [0, 0.05) is 37.2 Å². The lowest BCUT2D eigenvalue weighted by Gasteiger charge is -2.14. The Morgan fingerprint density at radius 1 is 1.12 bits per heavy atom. The standard InChI is InChI=1S/C20H22FN3O2/c1-22-20(24-17-12-15(17)14-5-2-3-6-16(14)21)23-13-7-8-18-19(11-13)26-10-4-9-25-18/h2-3,5-8,11,15,17H,4,9-10,12H2,1H3,(H2,22,23,24). The molecule has 0 aromatic heterocycles. The number of benzene rings is 2. The van der Waals surface area contributed by atoms with Crippen LogP contribution in [0.15, 0.2) is 47.5 Å². The summed E-state index contributed by atoms with van der Waals surface area (Å²) in [5.41, 5.74) is 1.63. The summed E-state index contributed by atoms with van der Waals surface area (Å²) in [6.45, 7) is 1.32. The average molecular weight is 355 g/mol. The lowest BCUT2D eigenvalue weighted by molar-refractivity contribution is 0.297. The molecule has 1 aliphatic heterocycles. The van der Waals surface area contributed by atoms with Gasteiger partial charge in [0.25, 0.3) is 0 Å². The van der Waals surface area contributed by atoms with E-state index in [2.05, 4.69) is 15.6 Å². The van der Waals surface area contributed by atoms with E-state index < -0.39 is 0 Å². The molecule has 2 aromatic rings. The second-order valence-corrected chi connectivity index (χ2v) is 6.52. The molecule has 0 bridgehead atoms. The summed E-state index contributed by atoms with van der Waals surface area (Å²) in [5, 5.41) is 6.62. The molecule has 2 aromatic carbocycles. The molecule has 4 rings (SSSR count). The molecule has 1 aliphatic carbocycles. The van der Waals surface area contributed by atoms with E-state index in [-0.39, 0.29) is 17.8 Å². The van der Waals surface area contributed by atoms with Crippen LogP contribution in [0.2, 0.25) is 0 Å². The number of fused-ring (bicyclic) bond motifs is 1. The Labute approximate surface area is 152 Å². The molecule has 2 unspecified atom stereocenters. The SMILES string of the molecule is CN=C(Nc1ccc2c(c1)OCCCO2)NC1CC1c1ccccc1F. The van der Waals surface area contributed by atoms with Gasteiger partial charge in [-0.15, -0.1) is 0 Å². The molecule has 2 N–H and O–H groups in total. The van der Waals surface area contributed by atoms with Crippen LogP contribution >= 0.6 is 0 Å². The van der Waals surface area contributed by atoms with Gasteiger partial charge in [-0.2, -0.15) is 0 Å². The van der Waals surface area contributed by atoms with E-state index in [1.807, 2.05) is 30.3 Å². The van der Waals surface area contributed by atoms with E-state index in [1.165, 1.54) is 6.07 Å². The highest BCUT2D eigenvalue weighted by molar-refractivity contribution is 5.94. The Hall–Kier alpha value is -2.76. The number of anilines is 1. The predicted molar refractivity (Wildman–Crippen MR) is 99.7 cm³/mol. The zero-order valence-corrected chi connectivity index (χ0v) is 14.7. The molecule has 0 spiro atoms. The lowest BCUT2D eigenvalue weighted by Crippen LogP contribution is -2.33. The second-order valence-electron chi connectivity index (χ2n) is 6.52. The third-order valence-corrected chi connectivity index (χ3v) is 4.65. The Morgan fingerprint density at radius 2 is 1.92 bits per heavy atom. The summed E-state index contributed by atoms with van der Waals surface area (Å²) in [4.78, 5) is 4.27. The second kappa shape index (κ2) is 7.23. The maximum Gasteiger partial charge on any atom is 0.195 e. The fourth-order valence-corrected chi connectivity index (χ4v) is 3.18. The zero-order valence-electron chi connectivity index (χ0n) is 14.7. The minimum Gasteiger partial charge on any atom is -0.490 e. The van der Waals surface area contributed by atoms with Crippen molar-refractivity contribution in [2.24, 2.45) is 4.99 Å². The van der Waals surface area contributed by atoms with Crippen molar-refractivity contribution in [1.29, 1.82) is 0 Å². The van der Waals surface area contributed by atoms with Crippen molar-refractivity contribution in [1.82, 2.24) is 5.32 Å². The number of hydrogen-bond acceptors (Lipinski definition) is 3. The van der Waals surface area contributed by atoms with E-state index in [9.17, 15) is 4.39 Å². The summed E-state index contributed by atoms with van der Waals surface area (Å²) < 4.78 is 25.3. The molecule has 136 valence electrons. The van der Waals surface area contributed by atoms with Crippen LogP contribution in [0.4, 0.5) is 10.1 Å². The van der Waals surface area contributed by atoms with Crippen molar-refractivity contribution in [2.75, 3.05) is 25.6 Å². The van der Waals surface area contributed by atoms with Gasteiger partial charge in [-0.05, 0) is 30.2 Å². The average Bonchev–Trinajstić information content (AvgIpc) is 3.44. The van der Waals surface area contributed by atoms with Gasteiger partial charge in [0.05, 0.1) is 13.2 Å². The van der Waals surface area contributed by atoms with Crippen molar-refractivity contribution in [3.63, 3.8) is 0 Å². The molecule has 5 nitrogen and oxygen atoms in total. The molecular weight excluding hydrogens is 333 g/mol. The summed E-state index contributed by atoms with van der Waals surface area (Å²) in [6.07, 6.45) is 1.77. The highest BCUT2D eigenvalue weighted by Crippen LogP contribution is 2.42. The first-order valence-corrected chi connectivity index (χ1v) is 8.89. The molecule has 2 aliphatic rings. The summed E-state index contributed by atoms with van der Waals surface area (Å²) in [6, 6.07) is 12.9. The van der Waals surface area contributed by atoms with Crippen LogP contribution in [-0.4, -0.2) is 32.3 Å². The van der Waals surface area contributed by atoms with Gasteiger partial charge in [-0.3, -0.25) is 4.99 Å². The topological polar surface area (TPSA) is 54.9 Å². The lowest BCUT2D eigenvalue weighted by atomic mass is 10.1. The fourth-order valence-electron chi connectivity index (χ4n) is 3.18. The van der Waals surface area contributed by atoms with Crippen molar-refractivity contribution in [2.45, 2.75) is 24.8 Å². The number of rotatable bonds is 3. The molecule has 0 amide bonds. The Morgan fingerprint density at radius 3 is 2.73 bits per heavy atom. The fraction of sp³-hybridized carbons (Fsp3) is 0.350. The number of hydrogen-bond donors (Lipinski definition) is 2. The molecule has 6 heteroatoms. The number of nitrogens with one attached hydrogen (secondary N) is 2. The number of aliphatic imine (C=N–C) groups is 1. The van der Waals surface area contributed by atoms with Crippen LogP contribution < -0.4 is 20.1 Å². The zero-order chi connectivity index (χ0) is 17.9. The van der Waals surface area contributed by atoms with Crippen molar-refractivity contribution in [3.8, 4) is 11.5 Å². The minimum absolute atomic E-state index is 0.146. The van der Waals surface area contributed by atoms with E-state index in [1.54, 1.807) is 13.1 Å². The minimum atomic E-state index is -0.146. The molecule has 2 atom stereocenters. The maximum absolute atomic E-state index is 13.9. The molecule has 1 fully saturated rings. The smallest absolute Gasteiger partial charge is 0.195 e. The van der Waals surface area contributed by atoms with Crippen LogP contribution in [0, 0.1) is 5.82 Å². The van der Waals surface area contributed by atoms with Gasteiger partial charge >= 0.3 is 0 Å². The Bertz CT molecular complexity index is 824. The van der Waals surface area contributed by atoms with Crippen LogP contribution in [0.3, 0.4) is 0 Å². The monoisotopic (exact) mass is 355 g/mol. The van der Waals surface area contributed by atoms with E-state index in [0.717, 1.165) is 35.6 Å². The molecule has 0 radical (unpaired) electrons. The van der Waals surface area contributed by atoms with Crippen molar-refractivity contribution >= 4 is 11.6 Å². The van der Waals surface area contributed by atoms with Gasteiger partial charge in [0.2, 0.25) is 0 Å². The summed E-state index contributed by atoms with van der Waals surface area (Å²) in [5.74, 6) is 2.19. The maximum atomic E-state index is 13.9. The third kappa shape index (κ3) is 3.59. The molecular formula is C20H22FN3O2. The molecule has 1 heterocycles. The van der Waals surface area contributed by atoms with Crippen LogP contribution in [-0.2, 0) is 0 Å². The van der Waals surface area contributed by atoms with Crippen molar-refractivity contribution < 1.29 is 13.9 Å². The Kier molecular flexibility index (Phi) is 4.65. The van der Waals surface area contributed by atoms with Gasteiger partial charge in [0.1, 0.15) is 5.82 Å². The van der Waals surface area contributed by atoms with Crippen LogP contribution in [0.25, 0.3) is 0 Å². The molecule has 1 saturated carbocycles. The van der Waals surface area contributed by atoms with Crippen molar-refractivity contribution in [3.05, 3.63) is 53.8 Å². The predicted octanol–water partition coefficient (Wildman–Crippen LogP) is 3.53. The number of nitrogens with zero attached hydrogens (tertiary/aromatic N) is 1. The first-order valence-electron chi connectivity index (χ1n) is 8.89. The summed E-state index contributed by atoms with van der Waals surface area (Å²) >= 11 is 0. The highest BCUT2D eigenvalue weighted by Gasteiger charge is 2.40. The first kappa shape index (κ1) is 16.7. The van der Waals surface area contributed by atoms with E-state index >= 15 is 0 Å². The third-order valence-electron chi connectivity index (χ3n) is 4.65. The van der Waals surface area contributed by atoms with Gasteiger partial charge in [-0.25, -0.2) is 4.39 Å². The number of guanidine groups is 1. The van der Waals surface area contributed by atoms with Crippen LogP contribution in [0.5, 0.6) is 11.5 Å². The molecule has 26 heavy (non-hydrogen) atoms. The van der Waals surface area contributed by atoms with Crippen LogP contribution in [0.1, 0.15) is 24.3 Å². The quantitative estimate of drug-likeness (QED) is 0.653. The highest BCUT2D eigenvalue weighted by atomic mass is 19.1. The van der Waals surface area contributed by atoms with Gasteiger partial charge in [-0.1, -0.05) is 18.2 Å². The van der Waals surface area contributed by atoms with E-state index in [0.29, 0.717) is 19.2 Å². The molecule has 0 saturated heterocycles. The van der Waals surface area contributed by atoms with E-state index in [4.69, 9.17) is 9.47 Å². The summed E-state index contributed by atoms with van der Waals surface area (Å²) in [7, 11) is 1.72. The normalized spacial score (nSPS) is 21.7. The Balaban J connectivity index is 1.40.